The predicted octanol–water partition coefficient (Wildman–Crippen LogP) is 1.22. The van der Waals surface area contributed by atoms with Crippen LogP contribution in [0.2, 0.25) is 0 Å². The van der Waals surface area contributed by atoms with Crippen molar-refractivity contribution in [3.8, 4) is 0 Å². The molecule has 29 heavy (non-hydrogen) atoms. The van der Waals surface area contributed by atoms with Gasteiger partial charge in [0.2, 0.25) is 10.0 Å². The molecule has 3 aliphatic rings. The van der Waals surface area contributed by atoms with Crippen LogP contribution in [-0.2, 0) is 24.3 Å². The van der Waals surface area contributed by atoms with E-state index in [-0.39, 0.29) is 11.6 Å². The molecule has 0 bridgehead atoms. The number of sulfonamides is 1. The number of carbonyl (C=O) groups is 1. The lowest BCUT2D eigenvalue weighted by Crippen LogP contribution is -2.49. The standard InChI is InChI=1S/C15H28N2O4S.C2HF3O2/c1-22(18,19)16-14-4-9-21-15(10-14)5-6-17(12-15)11-13-2-7-20-8-3-13;3-2(4,5)1(6)7/h13-14,16H,2-12H2,1H3;(H,6,7)/t14-,15-;/m1./s1. The van der Waals surface area contributed by atoms with Gasteiger partial charge in [0.1, 0.15) is 0 Å². The van der Waals surface area contributed by atoms with E-state index < -0.39 is 22.2 Å². The lowest BCUT2D eigenvalue weighted by atomic mass is 9.90. The van der Waals surface area contributed by atoms with E-state index in [0.717, 1.165) is 70.9 Å². The third-order valence-corrected chi connectivity index (χ3v) is 6.13. The Morgan fingerprint density at radius 3 is 2.41 bits per heavy atom. The molecule has 0 saturated carbocycles. The molecule has 1 spiro atoms. The van der Waals surface area contributed by atoms with Crippen LogP contribution in [-0.4, -0.2) is 87.9 Å². The summed E-state index contributed by atoms with van der Waals surface area (Å²) in [5, 5.41) is 7.12. The number of aliphatic carboxylic acids is 1. The van der Waals surface area contributed by atoms with Crippen molar-refractivity contribution in [2.24, 2.45) is 5.92 Å². The molecule has 0 aliphatic carbocycles. The van der Waals surface area contributed by atoms with Crippen LogP contribution in [0.15, 0.2) is 0 Å². The van der Waals surface area contributed by atoms with E-state index >= 15 is 0 Å². The number of nitrogens with one attached hydrogen (secondary N) is 1. The Hall–Kier alpha value is -0.950. The van der Waals surface area contributed by atoms with Crippen molar-refractivity contribution in [2.45, 2.75) is 49.9 Å². The van der Waals surface area contributed by atoms with Crippen LogP contribution in [0.1, 0.15) is 32.1 Å². The number of alkyl halides is 3. The third-order valence-electron chi connectivity index (χ3n) is 5.37. The molecule has 0 amide bonds. The van der Waals surface area contributed by atoms with Crippen LogP contribution >= 0.6 is 0 Å². The van der Waals surface area contributed by atoms with Crippen molar-refractivity contribution in [3.05, 3.63) is 0 Å². The highest BCUT2D eigenvalue weighted by Gasteiger charge is 2.44. The smallest absolute Gasteiger partial charge is 0.475 e. The largest absolute Gasteiger partial charge is 0.490 e. The van der Waals surface area contributed by atoms with E-state index in [2.05, 4.69) is 9.62 Å². The Morgan fingerprint density at radius 1 is 1.24 bits per heavy atom. The molecule has 0 radical (unpaired) electrons. The molecule has 0 aromatic rings. The van der Waals surface area contributed by atoms with Gasteiger partial charge >= 0.3 is 12.1 Å². The first-order valence-corrected chi connectivity index (χ1v) is 11.5. The number of nitrogens with zero attached hydrogens (tertiary/aromatic N) is 1. The van der Waals surface area contributed by atoms with Gasteiger partial charge in [0.05, 0.1) is 11.9 Å². The van der Waals surface area contributed by atoms with Crippen LogP contribution in [0, 0.1) is 5.92 Å². The molecular weight excluding hydrogens is 417 g/mol. The quantitative estimate of drug-likeness (QED) is 0.669. The molecule has 3 heterocycles. The highest BCUT2D eigenvalue weighted by Crippen LogP contribution is 2.35. The number of hydrogen-bond donors (Lipinski definition) is 2. The van der Waals surface area contributed by atoms with Crippen molar-refractivity contribution in [1.29, 1.82) is 0 Å². The highest BCUT2D eigenvalue weighted by atomic mass is 32.2. The minimum Gasteiger partial charge on any atom is -0.475 e. The Labute approximate surface area is 168 Å². The first kappa shape index (κ1) is 24.3. The average Bonchev–Trinajstić information content (AvgIpc) is 2.95. The van der Waals surface area contributed by atoms with Crippen LogP contribution in [0.3, 0.4) is 0 Å². The zero-order valence-corrected chi connectivity index (χ0v) is 17.2. The van der Waals surface area contributed by atoms with Gasteiger partial charge < -0.3 is 19.5 Å². The molecule has 12 heteroatoms. The van der Waals surface area contributed by atoms with Gasteiger partial charge in [-0.05, 0) is 38.0 Å². The topological polar surface area (TPSA) is 105 Å². The zero-order chi connectivity index (χ0) is 21.7. The summed E-state index contributed by atoms with van der Waals surface area (Å²) in [5.74, 6) is -2.02. The number of ether oxygens (including phenoxy) is 2. The van der Waals surface area contributed by atoms with Gasteiger partial charge in [-0.25, -0.2) is 17.9 Å². The Kier molecular flexibility index (Phi) is 8.31. The highest BCUT2D eigenvalue weighted by molar-refractivity contribution is 7.88. The molecule has 2 N–H and O–H groups in total. The lowest BCUT2D eigenvalue weighted by Gasteiger charge is -2.38. The van der Waals surface area contributed by atoms with Crippen molar-refractivity contribution >= 4 is 16.0 Å². The second-order valence-corrected chi connectivity index (χ2v) is 9.74. The van der Waals surface area contributed by atoms with Crippen molar-refractivity contribution in [2.75, 3.05) is 45.7 Å². The van der Waals surface area contributed by atoms with E-state index in [1.165, 1.54) is 6.26 Å². The normalized spacial score (nSPS) is 29.4. The molecule has 3 aliphatic heterocycles. The maximum Gasteiger partial charge on any atom is 0.490 e. The lowest BCUT2D eigenvalue weighted by molar-refractivity contribution is -0.192. The van der Waals surface area contributed by atoms with Gasteiger partial charge in [-0.2, -0.15) is 13.2 Å². The fraction of sp³-hybridized carbons (Fsp3) is 0.941. The van der Waals surface area contributed by atoms with Crippen LogP contribution in [0.5, 0.6) is 0 Å². The van der Waals surface area contributed by atoms with E-state index in [9.17, 15) is 21.6 Å². The second kappa shape index (κ2) is 9.90. The van der Waals surface area contributed by atoms with Crippen LogP contribution in [0.4, 0.5) is 13.2 Å². The molecule has 8 nitrogen and oxygen atoms in total. The number of carboxylic acids is 1. The summed E-state index contributed by atoms with van der Waals surface area (Å²) < 4.78 is 68.9. The number of likely N-dealkylation sites (tertiary alicyclic amines) is 1. The van der Waals surface area contributed by atoms with Gasteiger partial charge in [-0.3, -0.25) is 0 Å². The molecule has 170 valence electrons. The zero-order valence-electron chi connectivity index (χ0n) is 16.4. The minimum absolute atomic E-state index is 0.0202. The van der Waals surface area contributed by atoms with Gasteiger partial charge in [0.15, 0.2) is 0 Å². The van der Waals surface area contributed by atoms with Gasteiger partial charge in [-0.15, -0.1) is 0 Å². The summed E-state index contributed by atoms with van der Waals surface area (Å²) >= 11 is 0. The van der Waals surface area contributed by atoms with Crippen molar-refractivity contribution < 1.29 is 41.0 Å². The third kappa shape index (κ3) is 8.36. The van der Waals surface area contributed by atoms with Gasteiger partial charge in [-0.1, -0.05) is 0 Å². The maximum atomic E-state index is 11.5. The number of carboxylic acid groups (broad SMARTS) is 1. The van der Waals surface area contributed by atoms with E-state index in [4.69, 9.17) is 19.4 Å². The number of rotatable bonds is 4. The predicted molar refractivity (Wildman–Crippen MR) is 98.0 cm³/mol. The fourth-order valence-corrected chi connectivity index (χ4v) is 4.90. The van der Waals surface area contributed by atoms with Crippen LogP contribution < -0.4 is 4.72 Å². The molecule has 3 fully saturated rings. The molecular formula is C17H29F3N2O6S. The Balaban J connectivity index is 0.000000370. The maximum absolute atomic E-state index is 11.5. The Bertz CT molecular complexity index is 654. The van der Waals surface area contributed by atoms with E-state index in [1.807, 2.05) is 0 Å². The summed E-state index contributed by atoms with van der Waals surface area (Å²) in [6, 6.07) is 0.0202. The Morgan fingerprint density at radius 2 is 1.86 bits per heavy atom. The van der Waals surface area contributed by atoms with Gasteiger partial charge in [0, 0.05) is 45.5 Å². The summed E-state index contributed by atoms with van der Waals surface area (Å²) in [4.78, 5) is 11.4. The molecule has 0 aromatic heterocycles. The summed E-state index contributed by atoms with van der Waals surface area (Å²) in [6.45, 7) is 5.55. The van der Waals surface area contributed by atoms with Crippen molar-refractivity contribution in [1.82, 2.24) is 9.62 Å². The minimum atomic E-state index is -5.08. The monoisotopic (exact) mass is 446 g/mol. The molecule has 3 saturated heterocycles. The average molecular weight is 446 g/mol. The first-order valence-electron chi connectivity index (χ1n) is 9.60. The second-order valence-electron chi connectivity index (χ2n) is 7.95. The molecule has 2 atom stereocenters. The number of hydrogen-bond acceptors (Lipinski definition) is 6. The van der Waals surface area contributed by atoms with E-state index in [0.29, 0.717) is 6.61 Å². The van der Waals surface area contributed by atoms with Crippen molar-refractivity contribution in [3.63, 3.8) is 0 Å². The van der Waals surface area contributed by atoms with Gasteiger partial charge in [0.25, 0.3) is 0 Å². The first-order chi connectivity index (χ1) is 13.4. The SMILES string of the molecule is CS(=O)(=O)N[C@@H]1CCO[C@]2(CCN(CC3CCOCC3)C2)C1.O=C(O)C(F)(F)F. The molecule has 3 rings (SSSR count). The number of halogens is 3. The fourth-order valence-electron chi connectivity index (χ4n) is 4.09. The van der Waals surface area contributed by atoms with E-state index in [1.54, 1.807) is 0 Å². The van der Waals surface area contributed by atoms with Crippen LogP contribution in [0.25, 0.3) is 0 Å². The molecule has 0 unspecified atom stereocenters. The molecule has 0 aromatic carbocycles. The summed E-state index contributed by atoms with van der Waals surface area (Å²) in [5.41, 5.74) is -0.147. The summed E-state index contributed by atoms with van der Waals surface area (Å²) in [6.07, 6.45) is 1.05. The summed E-state index contributed by atoms with van der Waals surface area (Å²) in [7, 11) is -3.14.